The summed E-state index contributed by atoms with van der Waals surface area (Å²) < 4.78 is 0. The molecular formula is C17H15ClN2O. The first-order valence-electron chi connectivity index (χ1n) is 7.08. The van der Waals surface area contributed by atoms with Crippen molar-refractivity contribution in [3.05, 3.63) is 70.2 Å². The molecule has 0 aliphatic carbocycles. The van der Waals surface area contributed by atoms with Crippen LogP contribution in [0.2, 0.25) is 5.02 Å². The van der Waals surface area contributed by atoms with E-state index in [9.17, 15) is 4.79 Å². The van der Waals surface area contributed by atoms with E-state index in [0.717, 1.165) is 16.7 Å². The fraction of sp³-hybridized carbons (Fsp3) is 0.235. The summed E-state index contributed by atoms with van der Waals surface area (Å²) in [7, 11) is 0. The number of halogens is 1. The van der Waals surface area contributed by atoms with Gasteiger partial charge in [-0.25, -0.2) is 0 Å². The molecule has 106 valence electrons. The van der Waals surface area contributed by atoms with Crippen molar-refractivity contribution >= 4 is 17.5 Å². The zero-order valence-electron chi connectivity index (χ0n) is 11.6. The van der Waals surface area contributed by atoms with Gasteiger partial charge in [-0.15, -0.1) is 0 Å². The summed E-state index contributed by atoms with van der Waals surface area (Å²) in [5, 5.41) is 4.31. The van der Waals surface area contributed by atoms with Crippen molar-refractivity contribution in [2.24, 2.45) is 0 Å². The lowest BCUT2D eigenvalue weighted by atomic mass is 9.91. The lowest BCUT2D eigenvalue weighted by Gasteiger charge is -2.33. The average Bonchev–Trinajstić information content (AvgIpc) is 2.95. The van der Waals surface area contributed by atoms with Crippen LogP contribution < -0.4 is 5.32 Å². The van der Waals surface area contributed by atoms with Crippen LogP contribution in [0.3, 0.4) is 0 Å². The highest BCUT2D eigenvalue weighted by Crippen LogP contribution is 2.45. The predicted molar refractivity (Wildman–Crippen MR) is 82.3 cm³/mol. The third-order valence-electron chi connectivity index (χ3n) is 4.37. The Balaban J connectivity index is 1.99. The second-order valence-electron chi connectivity index (χ2n) is 5.72. The molecule has 1 saturated heterocycles. The lowest BCUT2D eigenvalue weighted by Crippen LogP contribution is -2.47. The van der Waals surface area contributed by atoms with Gasteiger partial charge in [-0.3, -0.25) is 10.1 Å². The van der Waals surface area contributed by atoms with E-state index in [-0.39, 0.29) is 11.9 Å². The maximum atomic E-state index is 12.7. The summed E-state index contributed by atoms with van der Waals surface area (Å²) in [6, 6.07) is 15.8. The molecule has 2 aliphatic heterocycles. The first-order chi connectivity index (χ1) is 10.1. The summed E-state index contributed by atoms with van der Waals surface area (Å²) in [5.41, 5.74) is 2.31. The van der Waals surface area contributed by atoms with Gasteiger partial charge >= 0.3 is 0 Å². The maximum Gasteiger partial charge on any atom is 0.256 e. The van der Waals surface area contributed by atoms with Gasteiger partial charge in [-0.1, -0.05) is 41.9 Å². The van der Waals surface area contributed by atoms with E-state index in [4.69, 9.17) is 11.6 Å². The molecule has 2 unspecified atom stereocenters. The second-order valence-corrected chi connectivity index (χ2v) is 6.16. The van der Waals surface area contributed by atoms with Crippen molar-refractivity contribution in [1.82, 2.24) is 10.2 Å². The van der Waals surface area contributed by atoms with Gasteiger partial charge < -0.3 is 4.90 Å². The van der Waals surface area contributed by atoms with Crippen LogP contribution in [-0.4, -0.2) is 23.4 Å². The first-order valence-corrected chi connectivity index (χ1v) is 7.46. The van der Waals surface area contributed by atoms with Crippen molar-refractivity contribution in [3.63, 3.8) is 0 Å². The molecule has 2 aromatic rings. The minimum atomic E-state index is -0.558. The van der Waals surface area contributed by atoms with E-state index in [1.165, 1.54) is 0 Å². The molecule has 2 aromatic carbocycles. The van der Waals surface area contributed by atoms with E-state index in [1.807, 2.05) is 53.4 Å². The van der Waals surface area contributed by atoms with E-state index in [0.29, 0.717) is 11.6 Å². The molecule has 2 aliphatic rings. The number of fused-ring (bicyclic) bond motifs is 3. The SMILES string of the molecule is CC1CN2C(=O)c3ccccc3C2(c2ccc(Cl)cc2)N1. The van der Waals surface area contributed by atoms with Crippen LogP contribution in [0, 0.1) is 0 Å². The smallest absolute Gasteiger partial charge is 0.256 e. The molecule has 0 aromatic heterocycles. The first kappa shape index (κ1) is 12.9. The van der Waals surface area contributed by atoms with Crippen LogP contribution >= 0.6 is 11.6 Å². The van der Waals surface area contributed by atoms with Crippen LogP contribution in [0.15, 0.2) is 48.5 Å². The molecule has 0 saturated carbocycles. The van der Waals surface area contributed by atoms with E-state index in [2.05, 4.69) is 12.2 Å². The van der Waals surface area contributed by atoms with Crippen molar-refractivity contribution in [3.8, 4) is 0 Å². The number of nitrogens with zero attached hydrogens (tertiary/aromatic N) is 1. The highest BCUT2D eigenvalue weighted by Gasteiger charge is 2.55. The van der Waals surface area contributed by atoms with Crippen molar-refractivity contribution < 1.29 is 4.79 Å². The molecule has 0 bridgehead atoms. The van der Waals surface area contributed by atoms with Crippen LogP contribution in [0.5, 0.6) is 0 Å². The zero-order chi connectivity index (χ0) is 14.6. The third-order valence-corrected chi connectivity index (χ3v) is 4.62. The minimum Gasteiger partial charge on any atom is -0.311 e. The molecule has 0 radical (unpaired) electrons. The van der Waals surface area contributed by atoms with Gasteiger partial charge in [0.1, 0.15) is 5.66 Å². The summed E-state index contributed by atoms with van der Waals surface area (Å²) in [6.07, 6.45) is 0. The molecule has 1 fully saturated rings. The predicted octanol–water partition coefficient (Wildman–Crippen LogP) is 2.99. The van der Waals surface area contributed by atoms with Gasteiger partial charge in [-0.2, -0.15) is 0 Å². The fourth-order valence-electron chi connectivity index (χ4n) is 3.57. The minimum absolute atomic E-state index is 0.0948. The summed E-state index contributed by atoms with van der Waals surface area (Å²) >= 11 is 6.02. The Bertz CT molecular complexity index is 728. The molecule has 3 nitrogen and oxygen atoms in total. The van der Waals surface area contributed by atoms with E-state index >= 15 is 0 Å². The van der Waals surface area contributed by atoms with Crippen LogP contribution in [0.4, 0.5) is 0 Å². The molecule has 2 atom stereocenters. The van der Waals surface area contributed by atoms with Gasteiger partial charge in [0.2, 0.25) is 0 Å². The summed E-state index contributed by atoms with van der Waals surface area (Å²) in [5.74, 6) is 0.0948. The van der Waals surface area contributed by atoms with Crippen molar-refractivity contribution in [2.75, 3.05) is 6.54 Å². The van der Waals surface area contributed by atoms with Gasteiger partial charge in [0.25, 0.3) is 5.91 Å². The van der Waals surface area contributed by atoms with Gasteiger partial charge in [0.15, 0.2) is 0 Å². The fourth-order valence-corrected chi connectivity index (χ4v) is 3.69. The highest BCUT2D eigenvalue weighted by molar-refractivity contribution is 6.30. The Hall–Kier alpha value is -1.84. The summed E-state index contributed by atoms with van der Waals surface area (Å²) in [6.45, 7) is 2.81. The second kappa shape index (κ2) is 4.33. The Morgan fingerprint density at radius 2 is 1.90 bits per heavy atom. The van der Waals surface area contributed by atoms with Crippen LogP contribution in [0.1, 0.15) is 28.4 Å². The Morgan fingerprint density at radius 1 is 1.19 bits per heavy atom. The molecule has 4 rings (SSSR count). The number of benzene rings is 2. The van der Waals surface area contributed by atoms with E-state index < -0.39 is 5.66 Å². The number of hydrogen-bond acceptors (Lipinski definition) is 2. The third kappa shape index (κ3) is 1.62. The molecule has 4 heteroatoms. The normalized spacial score (nSPS) is 26.9. The van der Waals surface area contributed by atoms with Crippen molar-refractivity contribution in [2.45, 2.75) is 18.6 Å². The monoisotopic (exact) mass is 298 g/mol. The lowest BCUT2D eigenvalue weighted by molar-refractivity contribution is 0.0694. The molecule has 2 heterocycles. The zero-order valence-corrected chi connectivity index (χ0v) is 12.4. The topological polar surface area (TPSA) is 32.3 Å². The number of carbonyl (C=O) groups excluding carboxylic acids is 1. The molecule has 1 N–H and O–H groups in total. The summed E-state index contributed by atoms with van der Waals surface area (Å²) in [4.78, 5) is 14.7. The number of amides is 1. The number of rotatable bonds is 1. The Morgan fingerprint density at radius 3 is 2.67 bits per heavy atom. The number of carbonyl (C=O) groups is 1. The molecule has 1 amide bonds. The Kier molecular flexibility index (Phi) is 2.65. The van der Waals surface area contributed by atoms with Gasteiger partial charge in [-0.05, 0) is 30.7 Å². The Labute approximate surface area is 128 Å². The quantitative estimate of drug-likeness (QED) is 0.878. The highest BCUT2D eigenvalue weighted by atomic mass is 35.5. The standard InChI is InChI=1S/C17H15ClN2O/c1-11-10-20-16(21)14-4-2-3-5-15(14)17(20,19-11)12-6-8-13(18)9-7-12/h2-9,11,19H,10H2,1H3. The number of nitrogens with one attached hydrogen (secondary N) is 1. The van der Waals surface area contributed by atoms with Crippen LogP contribution in [-0.2, 0) is 5.66 Å². The average molecular weight is 299 g/mol. The number of hydrogen-bond donors (Lipinski definition) is 1. The van der Waals surface area contributed by atoms with Crippen LogP contribution in [0.25, 0.3) is 0 Å². The molecule has 21 heavy (non-hydrogen) atoms. The maximum absolute atomic E-state index is 12.7. The van der Waals surface area contributed by atoms with Gasteiger partial charge in [0, 0.05) is 28.7 Å². The largest absolute Gasteiger partial charge is 0.311 e. The van der Waals surface area contributed by atoms with Gasteiger partial charge in [0.05, 0.1) is 0 Å². The molecular weight excluding hydrogens is 284 g/mol. The molecule has 0 spiro atoms. The van der Waals surface area contributed by atoms with Crippen molar-refractivity contribution in [1.29, 1.82) is 0 Å². The van der Waals surface area contributed by atoms with E-state index in [1.54, 1.807) is 0 Å².